The Hall–Kier alpha value is -1.12. The van der Waals surface area contributed by atoms with E-state index in [2.05, 4.69) is 16.9 Å². The zero-order valence-corrected chi connectivity index (χ0v) is 6.70. The number of aromatic hydroxyl groups is 1. The van der Waals surface area contributed by atoms with Crippen LogP contribution in [0.2, 0.25) is 0 Å². The summed E-state index contributed by atoms with van der Waals surface area (Å²) in [5.41, 5.74) is 0.557. The van der Waals surface area contributed by atoms with Gasteiger partial charge in [-0.1, -0.05) is 13.8 Å². The van der Waals surface area contributed by atoms with Crippen molar-refractivity contribution in [1.82, 2.24) is 9.97 Å². The van der Waals surface area contributed by atoms with Crippen LogP contribution in [0.15, 0.2) is 6.07 Å². The van der Waals surface area contributed by atoms with Crippen molar-refractivity contribution in [2.24, 2.45) is 0 Å². The SMILES string of the molecule is [CH2]c1cc(O)nc(C(C)C)n1. The quantitative estimate of drug-likeness (QED) is 0.661. The van der Waals surface area contributed by atoms with Crippen LogP contribution in [0.3, 0.4) is 0 Å². The van der Waals surface area contributed by atoms with Crippen molar-refractivity contribution >= 4 is 0 Å². The fraction of sp³-hybridized carbons (Fsp3) is 0.375. The fourth-order valence-electron chi connectivity index (χ4n) is 0.761. The van der Waals surface area contributed by atoms with E-state index in [1.165, 1.54) is 6.07 Å². The van der Waals surface area contributed by atoms with Crippen LogP contribution in [0, 0.1) is 6.92 Å². The highest BCUT2D eigenvalue weighted by molar-refractivity contribution is 5.17. The number of hydrogen-bond acceptors (Lipinski definition) is 3. The van der Waals surface area contributed by atoms with Gasteiger partial charge in [-0.05, 0) is 6.92 Å². The normalized spacial score (nSPS) is 10.5. The molecule has 0 atom stereocenters. The zero-order chi connectivity index (χ0) is 8.43. The van der Waals surface area contributed by atoms with Crippen LogP contribution in [-0.4, -0.2) is 15.1 Å². The van der Waals surface area contributed by atoms with Crippen molar-refractivity contribution in [3.8, 4) is 5.88 Å². The first-order valence-corrected chi connectivity index (χ1v) is 3.49. The van der Waals surface area contributed by atoms with E-state index in [0.717, 1.165) is 0 Å². The van der Waals surface area contributed by atoms with E-state index >= 15 is 0 Å². The molecule has 1 N–H and O–H groups in total. The highest BCUT2D eigenvalue weighted by atomic mass is 16.3. The summed E-state index contributed by atoms with van der Waals surface area (Å²) in [6.45, 7) is 7.55. The highest BCUT2D eigenvalue weighted by Crippen LogP contribution is 2.13. The van der Waals surface area contributed by atoms with Gasteiger partial charge in [0, 0.05) is 17.7 Å². The topological polar surface area (TPSA) is 46.0 Å². The fourth-order valence-corrected chi connectivity index (χ4v) is 0.761. The average molecular weight is 151 g/mol. The van der Waals surface area contributed by atoms with Crippen LogP contribution >= 0.6 is 0 Å². The summed E-state index contributed by atoms with van der Waals surface area (Å²) >= 11 is 0. The van der Waals surface area contributed by atoms with Gasteiger partial charge in [0.1, 0.15) is 5.82 Å². The summed E-state index contributed by atoms with van der Waals surface area (Å²) in [6.07, 6.45) is 0. The lowest BCUT2D eigenvalue weighted by Gasteiger charge is -2.03. The molecular formula is C8H11N2O. The molecule has 3 heteroatoms. The molecule has 1 heterocycles. The van der Waals surface area contributed by atoms with Crippen molar-refractivity contribution in [1.29, 1.82) is 0 Å². The van der Waals surface area contributed by atoms with Gasteiger partial charge >= 0.3 is 0 Å². The van der Waals surface area contributed by atoms with E-state index in [9.17, 15) is 0 Å². The molecule has 0 aromatic carbocycles. The Morgan fingerprint density at radius 3 is 2.55 bits per heavy atom. The van der Waals surface area contributed by atoms with E-state index in [4.69, 9.17) is 5.11 Å². The molecule has 0 fully saturated rings. The predicted octanol–water partition coefficient (Wildman–Crippen LogP) is 1.49. The molecule has 1 aromatic heterocycles. The molecule has 0 unspecified atom stereocenters. The van der Waals surface area contributed by atoms with Gasteiger partial charge in [0.05, 0.1) is 0 Å². The Labute approximate surface area is 66.1 Å². The van der Waals surface area contributed by atoms with Crippen molar-refractivity contribution < 1.29 is 5.11 Å². The molecule has 0 aliphatic rings. The minimum absolute atomic E-state index is 0.00583. The van der Waals surface area contributed by atoms with Crippen LogP contribution in [-0.2, 0) is 0 Å². The van der Waals surface area contributed by atoms with Crippen molar-refractivity contribution in [2.75, 3.05) is 0 Å². The summed E-state index contributed by atoms with van der Waals surface area (Å²) in [5.74, 6) is 0.853. The van der Waals surface area contributed by atoms with E-state index in [1.54, 1.807) is 0 Å². The average Bonchev–Trinajstić information content (AvgIpc) is 1.85. The molecule has 0 aliphatic heterocycles. The molecular weight excluding hydrogens is 140 g/mol. The molecule has 0 saturated heterocycles. The zero-order valence-electron chi connectivity index (χ0n) is 6.70. The number of hydrogen-bond donors (Lipinski definition) is 1. The van der Waals surface area contributed by atoms with Crippen LogP contribution in [0.1, 0.15) is 31.3 Å². The lowest BCUT2D eigenvalue weighted by atomic mass is 10.2. The van der Waals surface area contributed by atoms with Crippen LogP contribution in [0.25, 0.3) is 0 Å². The molecule has 0 bridgehead atoms. The van der Waals surface area contributed by atoms with Gasteiger partial charge in [0.2, 0.25) is 5.88 Å². The van der Waals surface area contributed by atoms with Crippen molar-refractivity contribution in [3.05, 3.63) is 24.5 Å². The van der Waals surface area contributed by atoms with Gasteiger partial charge in [-0.2, -0.15) is 4.98 Å². The van der Waals surface area contributed by atoms with E-state index in [1.807, 2.05) is 13.8 Å². The molecule has 0 saturated carbocycles. The van der Waals surface area contributed by atoms with Gasteiger partial charge in [0.25, 0.3) is 0 Å². The second-order valence-corrected chi connectivity index (χ2v) is 2.73. The summed E-state index contributed by atoms with van der Waals surface area (Å²) in [7, 11) is 0. The summed E-state index contributed by atoms with van der Waals surface area (Å²) < 4.78 is 0. The Kier molecular flexibility index (Phi) is 2.08. The molecule has 59 valence electrons. The smallest absolute Gasteiger partial charge is 0.214 e. The van der Waals surface area contributed by atoms with Crippen molar-refractivity contribution in [2.45, 2.75) is 19.8 Å². The van der Waals surface area contributed by atoms with Gasteiger partial charge < -0.3 is 5.11 Å². The minimum Gasteiger partial charge on any atom is -0.493 e. The number of nitrogens with zero attached hydrogens (tertiary/aromatic N) is 2. The van der Waals surface area contributed by atoms with Gasteiger partial charge in [-0.3, -0.25) is 0 Å². The lowest BCUT2D eigenvalue weighted by Crippen LogP contribution is -1.98. The minimum atomic E-state index is -0.00583. The first-order chi connectivity index (χ1) is 5.09. The Morgan fingerprint density at radius 2 is 2.09 bits per heavy atom. The number of rotatable bonds is 1. The Bertz CT molecular complexity index is 238. The maximum atomic E-state index is 9.05. The molecule has 0 aliphatic carbocycles. The Balaban J connectivity index is 3.08. The molecule has 0 spiro atoms. The standard InChI is InChI=1S/C8H11N2O/c1-5(2)8-9-6(3)4-7(11)10-8/h4-5H,3H2,1-2H3,(H,9,10,11). The first-order valence-electron chi connectivity index (χ1n) is 3.49. The second kappa shape index (κ2) is 2.86. The Morgan fingerprint density at radius 1 is 1.45 bits per heavy atom. The third kappa shape index (κ3) is 1.90. The maximum Gasteiger partial charge on any atom is 0.214 e. The summed E-state index contributed by atoms with van der Waals surface area (Å²) in [5, 5.41) is 9.05. The molecule has 3 nitrogen and oxygen atoms in total. The van der Waals surface area contributed by atoms with Gasteiger partial charge in [-0.15, -0.1) is 0 Å². The highest BCUT2D eigenvalue weighted by Gasteiger charge is 2.04. The molecule has 1 rings (SSSR count). The van der Waals surface area contributed by atoms with E-state index in [-0.39, 0.29) is 11.8 Å². The van der Waals surface area contributed by atoms with Gasteiger partial charge in [-0.25, -0.2) is 4.98 Å². The largest absolute Gasteiger partial charge is 0.493 e. The van der Waals surface area contributed by atoms with Crippen LogP contribution in [0.4, 0.5) is 0 Å². The summed E-state index contributed by atoms with van der Waals surface area (Å²) in [4.78, 5) is 7.89. The van der Waals surface area contributed by atoms with Gasteiger partial charge in [0.15, 0.2) is 0 Å². The first kappa shape index (κ1) is 7.98. The number of aromatic nitrogens is 2. The molecule has 11 heavy (non-hydrogen) atoms. The van der Waals surface area contributed by atoms with E-state index < -0.39 is 0 Å². The molecule has 0 amide bonds. The molecule has 1 aromatic rings. The van der Waals surface area contributed by atoms with Crippen LogP contribution < -0.4 is 0 Å². The van der Waals surface area contributed by atoms with Crippen LogP contribution in [0.5, 0.6) is 5.88 Å². The summed E-state index contributed by atoms with van der Waals surface area (Å²) in [6, 6.07) is 1.44. The monoisotopic (exact) mass is 151 g/mol. The maximum absolute atomic E-state index is 9.05. The van der Waals surface area contributed by atoms with Crippen molar-refractivity contribution in [3.63, 3.8) is 0 Å². The molecule has 1 radical (unpaired) electrons. The third-order valence-electron chi connectivity index (χ3n) is 1.30. The van der Waals surface area contributed by atoms with E-state index in [0.29, 0.717) is 11.5 Å². The predicted molar refractivity (Wildman–Crippen MR) is 42.2 cm³/mol. The third-order valence-corrected chi connectivity index (χ3v) is 1.30. The second-order valence-electron chi connectivity index (χ2n) is 2.73. The lowest BCUT2D eigenvalue weighted by molar-refractivity contribution is 0.446.